The van der Waals surface area contributed by atoms with Crippen molar-refractivity contribution in [1.82, 2.24) is 5.32 Å². The first-order chi connectivity index (χ1) is 8.47. The van der Waals surface area contributed by atoms with Crippen LogP contribution in [0.25, 0.3) is 0 Å². The third kappa shape index (κ3) is 7.17. The van der Waals surface area contributed by atoms with Gasteiger partial charge >= 0.3 is 6.18 Å². The summed E-state index contributed by atoms with van der Waals surface area (Å²) in [6, 6.07) is 7.65. The Morgan fingerprint density at radius 1 is 1.00 bits per heavy atom. The van der Waals surface area contributed by atoms with E-state index in [2.05, 4.69) is 5.32 Å². The maximum atomic E-state index is 11.8. The van der Waals surface area contributed by atoms with E-state index < -0.39 is 12.6 Å². The van der Waals surface area contributed by atoms with Gasteiger partial charge in [-0.25, -0.2) is 0 Å². The number of aryl methyl sites for hydroxylation is 1. The van der Waals surface area contributed by atoms with Gasteiger partial charge < -0.3 is 11.1 Å². The van der Waals surface area contributed by atoms with Crippen molar-refractivity contribution in [1.29, 1.82) is 0 Å². The summed E-state index contributed by atoms with van der Waals surface area (Å²) in [5.74, 6) is 0. The van der Waals surface area contributed by atoms with Crippen molar-refractivity contribution in [2.75, 3.05) is 18.8 Å². The number of hydrogen-bond donors (Lipinski definition) is 2. The Hall–Kier alpha value is -1.23. The molecule has 18 heavy (non-hydrogen) atoms. The normalized spacial score (nSPS) is 11.7. The van der Waals surface area contributed by atoms with Crippen molar-refractivity contribution in [3.8, 4) is 0 Å². The van der Waals surface area contributed by atoms with Crippen LogP contribution in [0.15, 0.2) is 24.3 Å². The summed E-state index contributed by atoms with van der Waals surface area (Å²) in [6.45, 7) is 1.16. The molecule has 0 atom stereocenters. The molecule has 3 N–H and O–H groups in total. The van der Waals surface area contributed by atoms with Gasteiger partial charge in [-0.3, -0.25) is 0 Å². The molecule has 0 heterocycles. The summed E-state index contributed by atoms with van der Waals surface area (Å²) in [5, 5.41) is 3.01. The maximum Gasteiger partial charge on any atom is 0.389 e. The zero-order valence-electron chi connectivity index (χ0n) is 10.3. The van der Waals surface area contributed by atoms with Gasteiger partial charge in [-0.1, -0.05) is 12.1 Å². The minimum absolute atomic E-state index is 0.144. The molecule has 0 unspecified atom stereocenters. The Morgan fingerprint density at radius 2 is 1.61 bits per heavy atom. The third-order valence-electron chi connectivity index (χ3n) is 2.61. The number of hydrogen-bond acceptors (Lipinski definition) is 2. The third-order valence-corrected chi connectivity index (χ3v) is 2.61. The minimum atomic E-state index is -4.04. The molecule has 0 spiro atoms. The van der Waals surface area contributed by atoms with Crippen LogP contribution in [0.2, 0.25) is 0 Å². The second-order valence-electron chi connectivity index (χ2n) is 4.31. The van der Waals surface area contributed by atoms with Crippen LogP contribution in [0.3, 0.4) is 0 Å². The Kier molecular flexibility index (Phi) is 5.98. The summed E-state index contributed by atoms with van der Waals surface area (Å²) in [4.78, 5) is 0. The van der Waals surface area contributed by atoms with Crippen molar-refractivity contribution < 1.29 is 13.2 Å². The number of anilines is 1. The highest BCUT2D eigenvalue weighted by Crippen LogP contribution is 2.20. The molecule has 1 aromatic rings. The lowest BCUT2D eigenvalue weighted by atomic mass is 10.1. The Morgan fingerprint density at radius 3 is 2.22 bits per heavy atom. The topological polar surface area (TPSA) is 38.0 Å². The maximum absolute atomic E-state index is 11.8. The Bertz CT molecular complexity index is 333. The van der Waals surface area contributed by atoms with Gasteiger partial charge in [0.25, 0.3) is 0 Å². The molecule has 0 saturated carbocycles. The molecule has 0 aliphatic heterocycles. The lowest BCUT2D eigenvalue weighted by Gasteiger charge is -2.07. The molecule has 0 aromatic heterocycles. The number of benzene rings is 1. The van der Waals surface area contributed by atoms with Crippen molar-refractivity contribution in [2.45, 2.75) is 31.9 Å². The highest BCUT2D eigenvalue weighted by Gasteiger charge is 2.25. The van der Waals surface area contributed by atoms with Gasteiger partial charge in [0.1, 0.15) is 0 Å². The highest BCUT2D eigenvalue weighted by atomic mass is 19.4. The van der Waals surface area contributed by atoms with Crippen LogP contribution in [-0.4, -0.2) is 19.3 Å². The fourth-order valence-corrected chi connectivity index (χ4v) is 1.64. The molecule has 1 rings (SSSR count). The van der Waals surface area contributed by atoms with Gasteiger partial charge in [0.15, 0.2) is 0 Å². The molecule has 0 radical (unpaired) electrons. The van der Waals surface area contributed by atoms with Crippen LogP contribution >= 0.6 is 0 Å². The first-order valence-electron chi connectivity index (χ1n) is 6.09. The average molecular weight is 260 g/mol. The van der Waals surface area contributed by atoms with Gasteiger partial charge in [-0.15, -0.1) is 0 Å². The molecule has 0 bridgehead atoms. The molecular weight excluding hydrogens is 241 g/mol. The Balaban J connectivity index is 2.00. The van der Waals surface area contributed by atoms with E-state index in [-0.39, 0.29) is 6.42 Å². The SMILES string of the molecule is Nc1ccc(CCCNCCCC(F)(F)F)cc1. The quantitative estimate of drug-likeness (QED) is 0.584. The predicted octanol–water partition coefficient (Wildman–Crippen LogP) is 3.13. The number of nitrogens with one attached hydrogen (secondary N) is 1. The zero-order valence-corrected chi connectivity index (χ0v) is 10.3. The van der Waals surface area contributed by atoms with Gasteiger partial charge in [0.05, 0.1) is 0 Å². The highest BCUT2D eigenvalue weighted by molar-refractivity contribution is 5.39. The van der Waals surface area contributed by atoms with Crippen LogP contribution in [0.5, 0.6) is 0 Å². The molecule has 0 aliphatic carbocycles. The summed E-state index contributed by atoms with van der Waals surface area (Å²) in [6.07, 6.45) is -2.78. The smallest absolute Gasteiger partial charge is 0.389 e. The van der Waals surface area contributed by atoms with Crippen LogP contribution in [0, 0.1) is 0 Å². The van der Waals surface area contributed by atoms with E-state index in [1.54, 1.807) is 0 Å². The number of nitrogens with two attached hydrogens (primary N) is 1. The van der Waals surface area contributed by atoms with E-state index in [9.17, 15) is 13.2 Å². The first-order valence-corrected chi connectivity index (χ1v) is 6.09. The van der Waals surface area contributed by atoms with E-state index >= 15 is 0 Å². The standard InChI is InChI=1S/C13H19F3N2/c14-13(15,16)8-2-10-18-9-1-3-11-4-6-12(17)7-5-11/h4-7,18H,1-3,8-10,17H2. The first kappa shape index (κ1) is 14.8. The van der Waals surface area contributed by atoms with Crippen molar-refractivity contribution >= 4 is 5.69 Å². The van der Waals surface area contributed by atoms with E-state index in [0.717, 1.165) is 25.1 Å². The molecule has 0 amide bonds. The minimum Gasteiger partial charge on any atom is -0.399 e. The van der Waals surface area contributed by atoms with E-state index in [1.807, 2.05) is 24.3 Å². The monoisotopic (exact) mass is 260 g/mol. The lowest BCUT2D eigenvalue weighted by molar-refractivity contribution is -0.135. The molecule has 0 aliphatic rings. The van der Waals surface area contributed by atoms with Crippen LogP contribution in [0.4, 0.5) is 18.9 Å². The largest absolute Gasteiger partial charge is 0.399 e. The number of alkyl halides is 3. The van der Waals surface area contributed by atoms with Gasteiger partial charge in [0, 0.05) is 12.1 Å². The number of halogens is 3. The predicted molar refractivity (Wildman–Crippen MR) is 67.3 cm³/mol. The summed E-state index contributed by atoms with van der Waals surface area (Å²) in [5.41, 5.74) is 7.50. The van der Waals surface area contributed by atoms with E-state index in [0.29, 0.717) is 6.54 Å². The molecular formula is C13H19F3N2. The van der Waals surface area contributed by atoms with Crippen LogP contribution in [0.1, 0.15) is 24.8 Å². The summed E-state index contributed by atoms with van der Waals surface area (Å²) < 4.78 is 35.5. The number of nitrogen functional groups attached to an aromatic ring is 1. The average Bonchev–Trinajstić information content (AvgIpc) is 2.29. The second-order valence-corrected chi connectivity index (χ2v) is 4.31. The van der Waals surface area contributed by atoms with Gasteiger partial charge in [-0.05, 0) is 50.0 Å². The van der Waals surface area contributed by atoms with Crippen LogP contribution < -0.4 is 11.1 Å². The molecule has 5 heteroatoms. The molecule has 0 saturated heterocycles. The van der Waals surface area contributed by atoms with Gasteiger partial charge in [-0.2, -0.15) is 13.2 Å². The molecule has 102 valence electrons. The molecule has 0 fully saturated rings. The van der Waals surface area contributed by atoms with Crippen LogP contribution in [-0.2, 0) is 6.42 Å². The van der Waals surface area contributed by atoms with E-state index in [1.165, 1.54) is 5.56 Å². The fraction of sp³-hybridized carbons (Fsp3) is 0.538. The molecule has 1 aromatic carbocycles. The van der Waals surface area contributed by atoms with Crippen molar-refractivity contribution in [3.05, 3.63) is 29.8 Å². The lowest BCUT2D eigenvalue weighted by Crippen LogP contribution is -2.19. The number of rotatable bonds is 7. The summed E-state index contributed by atoms with van der Waals surface area (Å²) in [7, 11) is 0. The van der Waals surface area contributed by atoms with E-state index in [4.69, 9.17) is 5.73 Å². The van der Waals surface area contributed by atoms with Gasteiger partial charge in [0.2, 0.25) is 0 Å². The zero-order chi connectivity index (χ0) is 13.4. The second kappa shape index (κ2) is 7.26. The summed E-state index contributed by atoms with van der Waals surface area (Å²) >= 11 is 0. The Labute approximate surface area is 105 Å². The van der Waals surface area contributed by atoms with Crippen molar-refractivity contribution in [2.24, 2.45) is 0 Å². The fourth-order valence-electron chi connectivity index (χ4n) is 1.64. The molecule has 2 nitrogen and oxygen atoms in total. The van der Waals surface area contributed by atoms with Crippen molar-refractivity contribution in [3.63, 3.8) is 0 Å².